The number of carboxylic acids is 1. The van der Waals surface area contributed by atoms with E-state index < -0.39 is 58.9 Å². The second-order valence-corrected chi connectivity index (χ2v) is 14.6. The average molecular weight is 673 g/mol. The molecule has 0 spiro atoms. The zero-order chi connectivity index (χ0) is 35.1. The Morgan fingerprint density at radius 3 is 2.55 bits per heavy atom. The molecule has 49 heavy (non-hydrogen) atoms. The Kier molecular flexibility index (Phi) is 9.12. The monoisotopic (exact) mass is 672 g/mol. The molecular weight excluding hydrogens is 628 g/mol. The number of alkyl carbamates (subject to hydrolysis) is 1. The molecule has 6 rings (SSSR count). The predicted octanol–water partition coefficient (Wildman–Crippen LogP) is 4.29. The van der Waals surface area contributed by atoms with E-state index in [1.165, 1.54) is 11.0 Å². The molecule has 1 unspecified atom stereocenters. The molecule has 260 valence electrons. The van der Waals surface area contributed by atoms with Crippen LogP contribution in [0, 0.1) is 11.3 Å². The van der Waals surface area contributed by atoms with Crippen molar-refractivity contribution in [3.63, 3.8) is 0 Å². The van der Waals surface area contributed by atoms with Gasteiger partial charge in [0.25, 0.3) is 0 Å². The number of aliphatic carboxylic acids is 1. The first-order valence-electron chi connectivity index (χ1n) is 16.9. The average Bonchev–Trinajstić information content (AvgIpc) is 3.35. The smallest absolute Gasteiger partial charge is 0.408 e. The van der Waals surface area contributed by atoms with Gasteiger partial charge in [0.1, 0.15) is 23.7 Å². The van der Waals surface area contributed by atoms with E-state index in [-0.39, 0.29) is 38.1 Å². The number of hydrogen-bond acceptors (Lipinski definition) is 7. The zero-order valence-corrected chi connectivity index (χ0v) is 28.1. The lowest BCUT2D eigenvalue weighted by molar-refractivity contribution is -0.146. The van der Waals surface area contributed by atoms with Crippen molar-refractivity contribution in [1.82, 2.24) is 25.4 Å². The van der Waals surface area contributed by atoms with Gasteiger partial charge in [0, 0.05) is 42.5 Å². The van der Waals surface area contributed by atoms with Crippen molar-refractivity contribution < 1.29 is 33.8 Å². The summed E-state index contributed by atoms with van der Waals surface area (Å²) in [5.74, 6) is -2.79. The number of carbonyl (C=O) groups excluding carboxylic acids is 4. The maximum absolute atomic E-state index is 14.4. The van der Waals surface area contributed by atoms with Crippen LogP contribution in [0.3, 0.4) is 0 Å². The summed E-state index contributed by atoms with van der Waals surface area (Å²) in [4.78, 5) is 74.6. The number of fused-ring (bicyclic) bond motifs is 1. The van der Waals surface area contributed by atoms with Gasteiger partial charge in [-0.2, -0.15) is 0 Å². The summed E-state index contributed by atoms with van der Waals surface area (Å²) in [5, 5.41) is 18.5. The molecule has 5 atom stereocenters. The Hall–Kier alpha value is -4.94. The molecule has 2 saturated carbocycles. The first-order chi connectivity index (χ1) is 23.3. The molecule has 1 aromatic carbocycles. The summed E-state index contributed by atoms with van der Waals surface area (Å²) in [6, 6.07) is 6.32. The molecule has 2 aliphatic heterocycles. The predicted molar refractivity (Wildman–Crippen MR) is 180 cm³/mol. The molecule has 1 aromatic heterocycles. The number of anilines is 1. The van der Waals surface area contributed by atoms with Crippen LogP contribution in [-0.2, 0) is 25.7 Å². The Morgan fingerprint density at radius 2 is 1.92 bits per heavy atom. The molecule has 4 aliphatic rings. The second kappa shape index (κ2) is 13.2. The maximum atomic E-state index is 14.4. The van der Waals surface area contributed by atoms with Crippen molar-refractivity contribution in [3.05, 3.63) is 60.9 Å². The van der Waals surface area contributed by atoms with Gasteiger partial charge in [0.2, 0.25) is 11.8 Å². The number of nitrogens with zero attached hydrogens (tertiary/aromatic N) is 3. The van der Waals surface area contributed by atoms with Crippen LogP contribution < -0.4 is 16.0 Å². The van der Waals surface area contributed by atoms with E-state index in [4.69, 9.17) is 4.74 Å². The SMILES string of the molecule is C=C[C@@H]1C[C@]1(NC(=O)[C@@H]1CC(N2Cc3cccc(-c4cccnc4)c3NC2=O)CN1C(=O)[C@@H](NC(=O)OC1CCCC1)C(C)(C)C)C(=O)O. The highest BCUT2D eigenvalue weighted by Gasteiger charge is 2.61. The number of carboxylic acid groups (broad SMARTS) is 1. The van der Waals surface area contributed by atoms with E-state index in [0.717, 1.165) is 42.4 Å². The molecule has 3 heterocycles. The van der Waals surface area contributed by atoms with Crippen molar-refractivity contribution in [2.75, 3.05) is 11.9 Å². The molecule has 5 amide bonds. The number of hydrogen-bond donors (Lipinski definition) is 4. The summed E-state index contributed by atoms with van der Waals surface area (Å²) < 4.78 is 5.61. The molecule has 2 aromatic rings. The van der Waals surface area contributed by atoms with Gasteiger partial charge in [0.15, 0.2) is 0 Å². The number of rotatable bonds is 9. The molecule has 0 radical (unpaired) electrons. The Balaban J connectivity index is 1.28. The van der Waals surface area contributed by atoms with E-state index in [0.29, 0.717) is 5.69 Å². The van der Waals surface area contributed by atoms with E-state index in [1.807, 2.05) is 30.3 Å². The van der Waals surface area contributed by atoms with Crippen LogP contribution in [0.2, 0.25) is 0 Å². The third-order valence-electron chi connectivity index (χ3n) is 10.2. The van der Waals surface area contributed by atoms with Gasteiger partial charge in [-0.1, -0.05) is 51.1 Å². The first kappa shape index (κ1) is 33.9. The maximum Gasteiger partial charge on any atom is 0.408 e. The van der Waals surface area contributed by atoms with E-state index in [1.54, 1.807) is 38.1 Å². The van der Waals surface area contributed by atoms with Crippen molar-refractivity contribution in [2.45, 2.75) is 95.6 Å². The van der Waals surface area contributed by atoms with Crippen molar-refractivity contribution in [2.24, 2.45) is 11.3 Å². The van der Waals surface area contributed by atoms with Crippen LogP contribution in [0.1, 0.15) is 64.9 Å². The minimum absolute atomic E-state index is 0.00113. The minimum Gasteiger partial charge on any atom is -0.479 e. The molecule has 0 bridgehead atoms. The van der Waals surface area contributed by atoms with Crippen LogP contribution >= 0.6 is 0 Å². The van der Waals surface area contributed by atoms with Gasteiger partial charge in [-0.15, -0.1) is 6.58 Å². The number of benzene rings is 1. The lowest BCUT2D eigenvalue weighted by Crippen LogP contribution is -2.59. The highest BCUT2D eigenvalue weighted by atomic mass is 16.6. The number of para-hydroxylation sites is 1. The van der Waals surface area contributed by atoms with Crippen molar-refractivity contribution in [3.8, 4) is 11.1 Å². The Bertz CT molecular complexity index is 1650. The standard InChI is InChI=1S/C36H44N6O7/c1-5-23-17-36(23,32(45)46)40-30(43)27-16-24(20-42(27)31(44)29(35(2,3)4)39-34(48)49-25-12-6-7-13-25)41-19-22-10-8-14-26(28(22)38-33(41)47)21-11-9-15-37-18-21/h5,8-11,14-15,18,23-25,27,29H,1,6-7,12-13,16-17,19-20H2,2-4H3,(H,38,47)(H,39,48)(H,40,43)(H,45,46)/t23-,24?,27+,29-,36-/m1/s1. The fourth-order valence-electron chi connectivity index (χ4n) is 7.35. The van der Waals surface area contributed by atoms with E-state index in [2.05, 4.69) is 27.5 Å². The first-order valence-corrected chi connectivity index (χ1v) is 16.9. The lowest BCUT2D eigenvalue weighted by atomic mass is 9.85. The number of likely N-dealkylation sites (tertiary alicyclic amines) is 1. The second-order valence-electron chi connectivity index (χ2n) is 14.6. The summed E-state index contributed by atoms with van der Waals surface area (Å²) in [7, 11) is 0. The third kappa shape index (κ3) is 6.70. The number of pyridine rings is 1. The summed E-state index contributed by atoms with van der Waals surface area (Å²) in [6.07, 6.45) is 7.70. The van der Waals surface area contributed by atoms with E-state index >= 15 is 0 Å². The number of urea groups is 1. The number of aromatic nitrogens is 1. The number of ether oxygens (including phenoxy) is 1. The minimum atomic E-state index is -1.51. The van der Waals surface area contributed by atoms with Gasteiger partial charge in [-0.3, -0.25) is 14.6 Å². The number of nitrogens with one attached hydrogen (secondary N) is 3. The van der Waals surface area contributed by atoms with Crippen LogP contribution in [0.5, 0.6) is 0 Å². The molecular formula is C36H44N6O7. The summed E-state index contributed by atoms with van der Waals surface area (Å²) in [5.41, 5.74) is 0.905. The van der Waals surface area contributed by atoms with Crippen LogP contribution in [0.4, 0.5) is 15.3 Å². The summed E-state index contributed by atoms with van der Waals surface area (Å²) in [6.45, 7) is 9.35. The van der Waals surface area contributed by atoms with Crippen molar-refractivity contribution in [1.29, 1.82) is 0 Å². The van der Waals surface area contributed by atoms with Crippen LogP contribution in [-0.4, -0.2) is 86.1 Å². The molecule has 13 heteroatoms. The zero-order valence-electron chi connectivity index (χ0n) is 28.1. The van der Waals surface area contributed by atoms with E-state index in [9.17, 15) is 29.1 Å². The Labute approximate surface area is 285 Å². The molecule has 4 N–H and O–H groups in total. The van der Waals surface area contributed by atoms with Gasteiger partial charge >= 0.3 is 18.1 Å². The largest absolute Gasteiger partial charge is 0.479 e. The lowest BCUT2D eigenvalue weighted by Gasteiger charge is -2.36. The van der Waals surface area contributed by atoms with Gasteiger partial charge in [0.05, 0.1) is 11.7 Å². The van der Waals surface area contributed by atoms with Gasteiger partial charge < -0.3 is 35.6 Å². The fraction of sp³-hybridized carbons (Fsp3) is 0.500. The highest BCUT2D eigenvalue weighted by Crippen LogP contribution is 2.45. The number of carbonyl (C=O) groups is 5. The van der Waals surface area contributed by atoms with Crippen LogP contribution in [0.25, 0.3) is 11.1 Å². The fourth-order valence-corrected chi connectivity index (χ4v) is 7.35. The highest BCUT2D eigenvalue weighted by molar-refractivity contribution is 5.99. The molecule has 1 saturated heterocycles. The summed E-state index contributed by atoms with van der Waals surface area (Å²) >= 11 is 0. The van der Waals surface area contributed by atoms with Crippen LogP contribution in [0.15, 0.2) is 55.4 Å². The number of amides is 5. The topological polar surface area (TPSA) is 170 Å². The Morgan fingerprint density at radius 1 is 1.16 bits per heavy atom. The van der Waals surface area contributed by atoms with Gasteiger partial charge in [-0.25, -0.2) is 14.4 Å². The normalized spacial score (nSPS) is 25.5. The molecule has 3 fully saturated rings. The van der Waals surface area contributed by atoms with Gasteiger partial charge in [-0.05, 0) is 55.6 Å². The van der Waals surface area contributed by atoms with Crippen molar-refractivity contribution >= 4 is 35.6 Å². The molecule has 13 nitrogen and oxygen atoms in total. The quantitative estimate of drug-likeness (QED) is 0.286. The molecule has 2 aliphatic carbocycles. The third-order valence-corrected chi connectivity index (χ3v) is 10.2.